The molecule has 0 aliphatic rings. The van der Waals surface area contributed by atoms with Crippen LogP contribution in [0.2, 0.25) is 0 Å². The first-order valence-corrected chi connectivity index (χ1v) is 14.7. The number of rotatable bonds is 0. The van der Waals surface area contributed by atoms with Gasteiger partial charge in [-0.1, -0.05) is 150 Å². The van der Waals surface area contributed by atoms with Crippen molar-refractivity contribution in [2.24, 2.45) is 7.05 Å². The van der Waals surface area contributed by atoms with Gasteiger partial charge in [0.2, 0.25) is 0 Å². The van der Waals surface area contributed by atoms with Gasteiger partial charge in [-0.05, 0) is 30.0 Å². The number of nitrogens with zero attached hydrogens (tertiary/aromatic N) is 3. The van der Waals surface area contributed by atoms with Gasteiger partial charge in [-0.3, -0.25) is 0 Å². The number of aromatic nitrogens is 3. The first-order valence-electron chi connectivity index (χ1n) is 14.7. The maximum absolute atomic E-state index is 5.45. The molecule has 0 spiro atoms. The van der Waals surface area contributed by atoms with Crippen LogP contribution in [0.5, 0.6) is 0 Å². The lowest BCUT2D eigenvalue weighted by atomic mass is 9.87. The molecule has 0 bridgehead atoms. The molecule has 0 amide bonds. The van der Waals surface area contributed by atoms with Crippen molar-refractivity contribution in [3.63, 3.8) is 0 Å². The van der Waals surface area contributed by atoms with E-state index in [0.717, 1.165) is 23.2 Å². The van der Waals surface area contributed by atoms with Crippen LogP contribution in [-0.4, -0.2) is 14.5 Å². The monoisotopic (exact) mass is 614 g/mol. The minimum absolute atomic E-state index is 0. The summed E-state index contributed by atoms with van der Waals surface area (Å²) in [5.74, 6) is 3.98. The molecule has 44 heavy (non-hydrogen) atoms. The Hall–Kier alpha value is -3.08. The Balaban J connectivity index is -0.000000233. The highest BCUT2D eigenvalue weighted by molar-refractivity contribution is 5.22. The molecule has 0 unspecified atom stereocenters. The minimum Gasteiger partial charge on any atom is -0.466 e. The van der Waals surface area contributed by atoms with Crippen molar-refractivity contribution < 1.29 is 8.83 Å². The van der Waals surface area contributed by atoms with E-state index in [4.69, 9.17) is 8.83 Å². The third kappa shape index (κ3) is 18.6. The Morgan fingerprint density at radius 2 is 1.14 bits per heavy atom. The molecule has 0 N–H and O–H groups in total. The molecule has 0 aliphatic carbocycles. The van der Waals surface area contributed by atoms with Crippen molar-refractivity contribution in [3.05, 3.63) is 96.1 Å². The van der Waals surface area contributed by atoms with E-state index in [9.17, 15) is 0 Å². The second kappa shape index (κ2) is 20.8. The second-order valence-corrected chi connectivity index (χ2v) is 14.0. The van der Waals surface area contributed by atoms with Crippen molar-refractivity contribution in [2.75, 3.05) is 0 Å². The Morgan fingerprint density at radius 3 is 1.34 bits per heavy atom. The summed E-state index contributed by atoms with van der Waals surface area (Å²) in [6.07, 6.45) is 7.07. The van der Waals surface area contributed by atoms with E-state index in [1.807, 2.05) is 52.3 Å². The lowest BCUT2D eigenvalue weighted by molar-refractivity contribution is 0.392. The fraction of sp³-hybridized carbons (Fsp3) is 0.590. The summed E-state index contributed by atoms with van der Waals surface area (Å²) < 4.78 is 12.6. The molecule has 0 saturated heterocycles. The number of hydrogen-bond acceptors (Lipinski definition) is 4. The summed E-state index contributed by atoms with van der Waals surface area (Å²) in [6, 6.07) is 14.6. The SMILES string of the molecule is C.C.C.CC.CC(C)(C)c1ccccc1.CC(C)(C)c1ncco1.Cc1ccc(C(C)(C)C)o1.Cn1ccnc1C(C)(C)C. The molecule has 3 heterocycles. The van der Waals surface area contributed by atoms with E-state index in [-0.39, 0.29) is 38.5 Å². The first-order chi connectivity index (χ1) is 18.7. The van der Waals surface area contributed by atoms with E-state index >= 15 is 0 Å². The highest BCUT2D eigenvalue weighted by Gasteiger charge is 2.18. The van der Waals surface area contributed by atoms with Crippen LogP contribution >= 0.6 is 0 Å². The van der Waals surface area contributed by atoms with Gasteiger partial charge in [-0.25, -0.2) is 9.97 Å². The molecule has 5 nitrogen and oxygen atoms in total. The van der Waals surface area contributed by atoms with Crippen molar-refractivity contribution in [1.82, 2.24) is 14.5 Å². The van der Waals surface area contributed by atoms with Crippen LogP contribution in [0.25, 0.3) is 0 Å². The largest absolute Gasteiger partial charge is 0.466 e. The third-order valence-electron chi connectivity index (χ3n) is 5.69. The average Bonchev–Trinajstić information content (AvgIpc) is 3.63. The highest BCUT2D eigenvalue weighted by Crippen LogP contribution is 2.24. The molecule has 5 heteroatoms. The van der Waals surface area contributed by atoms with Gasteiger partial charge in [0, 0.05) is 35.7 Å². The molecule has 0 radical (unpaired) electrons. The topological polar surface area (TPSA) is 57.0 Å². The van der Waals surface area contributed by atoms with Crippen molar-refractivity contribution in [1.29, 1.82) is 0 Å². The Labute approximate surface area is 273 Å². The number of hydrogen-bond donors (Lipinski definition) is 0. The number of aryl methyl sites for hydroxylation is 2. The normalized spacial score (nSPS) is 10.6. The Kier molecular flexibility index (Phi) is 22.6. The summed E-state index contributed by atoms with van der Waals surface area (Å²) in [5.41, 5.74) is 2.05. The van der Waals surface area contributed by atoms with E-state index < -0.39 is 0 Å². The zero-order valence-corrected chi connectivity index (χ0v) is 29.0. The maximum atomic E-state index is 5.45. The van der Waals surface area contributed by atoms with Crippen LogP contribution < -0.4 is 0 Å². The molecule has 0 fully saturated rings. The van der Waals surface area contributed by atoms with Gasteiger partial charge >= 0.3 is 0 Å². The minimum atomic E-state index is 0. The van der Waals surface area contributed by atoms with E-state index in [1.54, 1.807) is 12.5 Å². The fourth-order valence-electron chi connectivity index (χ4n) is 3.46. The fourth-order valence-corrected chi connectivity index (χ4v) is 3.46. The summed E-state index contributed by atoms with van der Waals surface area (Å²) in [6.45, 7) is 31.8. The molecule has 3 aromatic heterocycles. The quantitative estimate of drug-likeness (QED) is 0.198. The van der Waals surface area contributed by atoms with E-state index in [1.165, 1.54) is 5.56 Å². The van der Waals surface area contributed by atoms with Crippen LogP contribution in [0.3, 0.4) is 0 Å². The maximum Gasteiger partial charge on any atom is 0.199 e. The van der Waals surface area contributed by atoms with Crippen LogP contribution in [0, 0.1) is 6.92 Å². The lowest BCUT2D eigenvalue weighted by Gasteiger charge is -2.18. The molecule has 0 saturated carbocycles. The van der Waals surface area contributed by atoms with Crippen molar-refractivity contribution in [3.8, 4) is 0 Å². The van der Waals surface area contributed by atoms with Gasteiger partial charge in [-0.2, -0.15) is 0 Å². The van der Waals surface area contributed by atoms with Gasteiger partial charge in [0.15, 0.2) is 5.89 Å². The first kappa shape index (κ1) is 47.8. The molecule has 0 aliphatic heterocycles. The molecule has 0 atom stereocenters. The average molecular weight is 614 g/mol. The number of imidazole rings is 1. The van der Waals surface area contributed by atoms with Gasteiger partial charge in [0.05, 0.1) is 6.20 Å². The summed E-state index contributed by atoms with van der Waals surface area (Å²) in [5, 5.41) is 0. The Morgan fingerprint density at radius 1 is 0.614 bits per heavy atom. The highest BCUT2D eigenvalue weighted by atomic mass is 16.3. The van der Waals surface area contributed by atoms with Crippen molar-refractivity contribution >= 4 is 0 Å². The van der Waals surface area contributed by atoms with Crippen LogP contribution in [0.1, 0.15) is 148 Å². The van der Waals surface area contributed by atoms with Gasteiger partial charge in [-0.15, -0.1) is 0 Å². The molecular weight excluding hydrogens is 542 g/mol. The number of benzene rings is 1. The summed E-state index contributed by atoms with van der Waals surface area (Å²) >= 11 is 0. The van der Waals surface area contributed by atoms with Gasteiger partial charge in [0.25, 0.3) is 0 Å². The molecule has 4 rings (SSSR count). The molecule has 254 valence electrons. The zero-order chi connectivity index (χ0) is 32.1. The smallest absolute Gasteiger partial charge is 0.199 e. The molecule has 1 aromatic carbocycles. The van der Waals surface area contributed by atoms with E-state index in [2.05, 4.69) is 128 Å². The molecule has 4 aromatic rings. The molecular formula is C39H71N3O2. The number of oxazole rings is 1. The predicted octanol–water partition coefficient (Wildman–Crippen LogP) is 12.5. The standard InChI is InChI=1S/C10H14.C9H14O.C8H14N2.C7H11NO.C2H6.3CH4/c1-10(2,3)9-7-5-4-6-8-9;1-7-5-6-8(10-7)9(2,3)4;1-8(2,3)7-9-5-6-10(7)4;1-7(2,3)6-8-4-5-9-6;1-2;;;/h4-8H,1-3H3;2*5-6H,1-4H3;4-5H,1-3H3;1-2H3;3*1H4. The summed E-state index contributed by atoms with van der Waals surface area (Å²) in [7, 11) is 2.02. The lowest BCUT2D eigenvalue weighted by Crippen LogP contribution is -2.16. The van der Waals surface area contributed by atoms with Crippen molar-refractivity contribution in [2.45, 2.75) is 148 Å². The summed E-state index contributed by atoms with van der Waals surface area (Å²) in [4.78, 5) is 8.27. The van der Waals surface area contributed by atoms with Crippen LogP contribution in [-0.2, 0) is 28.7 Å². The predicted molar refractivity (Wildman–Crippen MR) is 196 cm³/mol. The second-order valence-electron chi connectivity index (χ2n) is 14.0. The van der Waals surface area contributed by atoms with E-state index in [0.29, 0.717) is 5.41 Å². The van der Waals surface area contributed by atoms with Crippen LogP contribution in [0.4, 0.5) is 0 Å². The zero-order valence-electron chi connectivity index (χ0n) is 29.0. The third-order valence-corrected chi connectivity index (χ3v) is 5.69. The van der Waals surface area contributed by atoms with Gasteiger partial charge in [0.1, 0.15) is 23.6 Å². The van der Waals surface area contributed by atoms with Crippen LogP contribution in [0.15, 0.2) is 76.2 Å². The van der Waals surface area contributed by atoms with Gasteiger partial charge < -0.3 is 13.4 Å². The Bertz CT molecular complexity index is 1190. The number of furan rings is 1.